The van der Waals surface area contributed by atoms with Crippen LogP contribution in [0.4, 0.5) is 0 Å². The lowest BCUT2D eigenvalue weighted by atomic mass is 9.97. The summed E-state index contributed by atoms with van der Waals surface area (Å²) in [5.41, 5.74) is 4.49. The molecule has 168 valence electrons. The third-order valence-electron chi connectivity index (χ3n) is 5.82. The maximum absolute atomic E-state index is 12.6. The van der Waals surface area contributed by atoms with Crippen LogP contribution in [0.3, 0.4) is 0 Å². The van der Waals surface area contributed by atoms with Crippen LogP contribution < -0.4 is 10.4 Å². The summed E-state index contributed by atoms with van der Waals surface area (Å²) in [5, 5.41) is 1.59. The molecular formula is C25H26ClNO5. The Labute approximate surface area is 191 Å². The molecule has 0 aliphatic carbocycles. The summed E-state index contributed by atoms with van der Waals surface area (Å²) in [7, 11) is 0. The molecule has 3 aromatic rings. The molecule has 0 bridgehead atoms. The number of benzene rings is 2. The van der Waals surface area contributed by atoms with Crippen LogP contribution in [0.25, 0.3) is 11.0 Å². The van der Waals surface area contributed by atoms with Crippen LogP contribution in [0, 0.1) is 13.8 Å². The van der Waals surface area contributed by atoms with Crippen LogP contribution in [0.5, 0.6) is 5.75 Å². The molecule has 0 saturated heterocycles. The molecular weight excluding hydrogens is 430 g/mol. The molecule has 1 aromatic heterocycles. The van der Waals surface area contributed by atoms with Gasteiger partial charge in [-0.3, -0.25) is 9.69 Å². The lowest BCUT2D eigenvalue weighted by Gasteiger charge is -2.30. The average Bonchev–Trinajstić information content (AvgIpc) is 2.76. The second kappa shape index (κ2) is 9.35. The minimum atomic E-state index is -0.414. The van der Waals surface area contributed by atoms with Crippen LogP contribution in [-0.4, -0.2) is 24.2 Å². The van der Waals surface area contributed by atoms with Crippen molar-refractivity contribution in [1.29, 1.82) is 0 Å². The van der Waals surface area contributed by atoms with Gasteiger partial charge in [0.25, 0.3) is 0 Å². The van der Waals surface area contributed by atoms with Crippen molar-refractivity contribution in [1.82, 2.24) is 4.90 Å². The second-order valence-corrected chi connectivity index (χ2v) is 8.49. The monoisotopic (exact) mass is 455 g/mol. The van der Waals surface area contributed by atoms with Crippen molar-refractivity contribution in [2.45, 2.75) is 46.7 Å². The first kappa shape index (κ1) is 22.4. The third-order valence-corrected chi connectivity index (χ3v) is 6.08. The largest absolute Gasteiger partial charge is 0.477 e. The minimum absolute atomic E-state index is 0.146. The van der Waals surface area contributed by atoms with Crippen LogP contribution in [0.2, 0.25) is 5.02 Å². The number of rotatable bonds is 6. The fraction of sp³-hybridized carbons (Fsp3) is 0.360. The Kier molecular flexibility index (Phi) is 6.53. The van der Waals surface area contributed by atoms with Gasteiger partial charge in [-0.25, -0.2) is 4.79 Å². The quantitative estimate of drug-likeness (QED) is 0.388. The number of nitrogens with zero attached hydrogens (tertiary/aromatic N) is 1. The smallest absolute Gasteiger partial charge is 0.339 e. The van der Waals surface area contributed by atoms with E-state index in [9.17, 15) is 9.59 Å². The lowest BCUT2D eigenvalue weighted by molar-refractivity contribution is -0.143. The van der Waals surface area contributed by atoms with Gasteiger partial charge in [-0.15, -0.1) is 0 Å². The molecule has 0 unspecified atom stereocenters. The summed E-state index contributed by atoms with van der Waals surface area (Å²) in [6, 6.07) is 9.83. The number of carbonyl (C=O) groups excluding carboxylic acids is 1. The van der Waals surface area contributed by atoms with E-state index in [1.54, 1.807) is 6.92 Å². The summed E-state index contributed by atoms with van der Waals surface area (Å²) < 4.78 is 16.7. The lowest BCUT2D eigenvalue weighted by Crippen LogP contribution is -2.32. The molecule has 0 amide bonds. The molecule has 7 heteroatoms. The molecule has 0 fully saturated rings. The van der Waals surface area contributed by atoms with E-state index in [2.05, 4.69) is 4.90 Å². The molecule has 4 rings (SSSR count). The van der Waals surface area contributed by atoms with Crippen LogP contribution in [0.1, 0.15) is 41.2 Å². The number of ether oxygens (including phenoxy) is 2. The van der Waals surface area contributed by atoms with Gasteiger partial charge in [-0.2, -0.15) is 0 Å². The summed E-state index contributed by atoms with van der Waals surface area (Å²) in [5.74, 6) is 0.450. The molecule has 32 heavy (non-hydrogen) atoms. The Morgan fingerprint density at radius 3 is 2.66 bits per heavy atom. The Hall–Kier alpha value is -2.83. The van der Waals surface area contributed by atoms with E-state index in [-0.39, 0.29) is 18.8 Å². The van der Waals surface area contributed by atoms with Crippen molar-refractivity contribution in [3.63, 3.8) is 0 Å². The maximum atomic E-state index is 12.6. The fourth-order valence-electron chi connectivity index (χ4n) is 4.19. The number of hydrogen-bond acceptors (Lipinski definition) is 6. The second-order valence-electron chi connectivity index (χ2n) is 8.05. The highest BCUT2D eigenvalue weighted by Gasteiger charge is 2.24. The number of fused-ring (bicyclic) bond motifs is 2. The minimum Gasteiger partial charge on any atom is -0.477 e. The molecule has 0 N–H and O–H groups in total. The summed E-state index contributed by atoms with van der Waals surface area (Å²) in [4.78, 5) is 26.6. The zero-order valence-electron chi connectivity index (χ0n) is 18.5. The molecule has 1 aliphatic rings. The summed E-state index contributed by atoms with van der Waals surface area (Å²) in [6.45, 7) is 7.80. The van der Waals surface area contributed by atoms with Crippen molar-refractivity contribution in [2.75, 3.05) is 13.3 Å². The molecule has 1 aliphatic heterocycles. The number of hydrogen-bond donors (Lipinski definition) is 0. The third kappa shape index (κ3) is 4.52. The highest BCUT2D eigenvalue weighted by Crippen LogP contribution is 2.36. The normalized spacial score (nSPS) is 13.6. The van der Waals surface area contributed by atoms with E-state index >= 15 is 0 Å². The molecule has 0 saturated carbocycles. The van der Waals surface area contributed by atoms with E-state index in [4.69, 9.17) is 25.5 Å². The van der Waals surface area contributed by atoms with Crippen molar-refractivity contribution in [2.24, 2.45) is 0 Å². The van der Waals surface area contributed by atoms with E-state index in [1.807, 2.05) is 44.2 Å². The number of carbonyl (C=O) groups is 1. The highest BCUT2D eigenvalue weighted by molar-refractivity contribution is 6.30. The first-order valence-electron chi connectivity index (χ1n) is 10.7. The standard InChI is InChI=1S/C25H26ClNO5/c1-4-30-22(28)10-9-20-15(2)21-11-18-13-27(12-17-5-7-19(26)8-6-17)14-31-23(18)16(3)24(21)32-25(20)29/h5-8,11H,4,9-10,12-14H2,1-3H3. The zero-order valence-corrected chi connectivity index (χ0v) is 19.3. The van der Waals surface area contributed by atoms with Crippen molar-refractivity contribution < 1.29 is 18.7 Å². The Morgan fingerprint density at radius 1 is 1.19 bits per heavy atom. The SMILES string of the molecule is CCOC(=O)CCc1c(C)c2cc3c(c(C)c2oc1=O)OCN(Cc1ccc(Cl)cc1)C3. The molecule has 0 atom stereocenters. The van der Waals surface area contributed by atoms with Crippen molar-refractivity contribution in [3.05, 3.63) is 73.6 Å². The number of esters is 1. The number of halogens is 1. The van der Waals surface area contributed by atoms with Crippen molar-refractivity contribution in [3.8, 4) is 5.75 Å². The zero-order chi connectivity index (χ0) is 22.8. The Balaban J connectivity index is 1.64. The molecule has 0 radical (unpaired) electrons. The van der Waals surface area contributed by atoms with Crippen LogP contribution in [0.15, 0.2) is 39.5 Å². The topological polar surface area (TPSA) is 69.0 Å². The molecule has 6 nitrogen and oxygen atoms in total. The van der Waals surface area contributed by atoms with Crippen LogP contribution >= 0.6 is 11.6 Å². The number of aryl methyl sites for hydroxylation is 2. The van der Waals surface area contributed by atoms with E-state index < -0.39 is 5.63 Å². The van der Waals surface area contributed by atoms with Gasteiger partial charge in [0.1, 0.15) is 18.1 Å². The predicted molar refractivity (Wildman–Crippen MR) is 123 cm³/mol. The van der Waals surface area contributed by atoms with Gasteiger partial charge in [0, 0.05) is 46.6 Å². The van der Waals surface area contributed by atoms with Gasteiger partial charge < -0.3 is 13.9 Å². The van der Waals surface area contributed by atoms with Gasteiger partial charge in [-0.05, 0) is 56.5 Å². The van der Waals surface area contributed by atoms with E-state index in [1.165, 1.54) is 0 Å². The average molecular weight is 456 g/mol. The van der Waals surface area contributed by atoms with Gasteiger partial charge in [0.15, 0.2) is 0 Å². The first-order valence-corrected chi connectivity index (χ1v) is 11.1. The van der Waals surface area contributed by atoms with E-state index in [0.29, 0.717) is 36.1 Å². The van der Waals surface area contributed by atoms with Crippen molar-refractivity contribution >= 4 is 28.5 Å². The van der Waals surface area contributed by atoms with Gasteiger partial charge in [0.05, 0.1) is 6.61 Å². The van der Waals surface area contributed by atoms with Gasteiger partial charge in [0.2, 0.25) is 0 Å². The fourth-order valence-corrected chi connectivity index (χ4v) is 4.32. The maximum Gasteiger partial charge on any atom is 0.339 e. The first-order chi connectivity index (χ1) is 15.4. The highest BCUT2D eigenvalue weighted by atomic mass is 35.5. The Morgan fingerprint density at radius 2 is 1.94 bits per heavy atom. The molecule has 0 spiro atoms. The summed E-state index contributed by atoms with van der Waals surface area (Å²) >= 11 is 5.99. The Bertz CT molecular complexity index is 1220. The molecule has 2 aromatic carbocycles. The predicted octanol–water partition coefficient (Wildman–Crippen LogP) is 4.91. The summed E-state index contributed by atoms with van der Waals surface area (Å²) in [6.07, 6.45) is 0.436. The van der Waals surface area contributed by atoms with Gasteiger partial charge >= 0.3 is 11.6 Å². The van der Waals surface area contributed by atoms with Crippen LogP contribution in [-0.2, 0) is 29.0 Å². The van der Waals surface area contributed by atoms with Gasteiger partial charge in [-0.1, -0.05) is 23.7 Å². The van der Waals surface area contributed by atoms with E-state index in [0.717, 1.165) is 39.9 Å². The molecule has 2 heterocycles.